The summed E-state index contributed by atoms with van der Waals surface area (Å²) in [5.41, 5.74) is 4.19. The van der Waals surface area contributed by atoms with Crippen molar-refractivity contribution in [2.24, 2.45) is 0 Å². The minimum absolute atomic E-state index is 0.0767. The summed E-state index contributed by atoms with van der Waals surface area (Å²) in [5, 5.41) is 6.27. The second kappa shape index (κ2) is 9.89. The minimum Gasteiger partial charge on any atom is -0.349 e. The summed E-state index contributed by atoms with van der Waals surface area (Å²) in [7, 11) is -1.01. The Hall–Kier alpha value is -3.69. The highest BCUT2D eigenvalue weighted by atomic mass is 32.2. The second-order valence-corrected chi connectivity index (χ2v) is 10.2. The zero-order valence-corrected chi connectivity index (χ0v) is 20.4. The van der Waals surface area contributed by atoms with Gasteiger partial charge in [-0.25, -0.2) is 9.37 Å². The molecule has 0 bridgehead atoms. The topological polar surface area (TPSA) is 76.9 Å². The Labute approximate surface area is 207 Å². The molecule has 2 aromatic carbocycles. The standard InChI is InChI=1S/C26H21FN4O2S2/c1-35(33)22-7-3-17(4-8-22)18-2-6-21(29-14-18)15-30-25(32)16-31-23-9-5-20(27)12-19(23)13-24(31)26-28-10-11-34-26/h2-14H,15-16H2,1H3,(H,30,32). The number of halogens is 1. The van der Waals surface area contributed by atoms with E-state index >= 15 is 0 Å². The van der Waals surface area contributed by atoms with E-state index in [9.17, 15) is 13.4 Å². The highest BCUT2D eigenvalue weighted by molar-refractivity contribution is 7.84. The number of pyridine rings is 1. The van der Waals surface area contributed by atoms with Gasteiger partial charge in [-0.1, -0.05) is 18.2 Å². The van der Waals surface area contributed by atoms with Crippen molar-refractivity contribution in [2.75, 3.05) is 6.26 Å². The van der Waals surface area contributed by atoms with Gasteiger partial charge in [0, 0.05) is 56.2 Å². The Balaban J connectivity index is 1.28. The summed E-state index contributed by atoms with van der Waals surface area (Å²) in [6.07, 6.45) is 5.11. The summed E-state index contributed by atoms with van der Waals surface area (Å²) >= 11 is 1.47. The van der Waals surface area contributed by atoms with Crippen LogP contribution in [-0.4, -0.2) is 30.9 Å². The van der Waals surface area contributed by atoms with E-state index in [2.05, 4.69) is 15.3 Å². The van der Waals surface area contributed by atoms with Crippen molar-refractivity contribution in [2.45, 2.75) is 18.0 Å². The number of nitrogens with one attached hydrogen (secondary N) is 1. The summed E-state index contributed by atoms with van der Waals surface area (Å²) < 4.78 is 27.2. The van der Waals surface area contributed by atoms with Crippen LogP contribution in [0.4, 0.5) is 4.39 Å². The lowest BCUT2D eigenvalue weighted by atomic mass is 10.1. The summed E-state index contributed by atoms with van der Waals surface area (Å²) in [6.45, 7) is 0.362. The van der Waals surface area contributed by atoms with Crippen molar-refractivity contribution >= 4 is 38.9 Å². The Morgan fingerprint density at radius 1 is 1.06 bits per heavy atom. The molecule has 0 saturated carbocycles. The molecule has 1 N–H and O–H groups in total. The van der Waals surface area contributed by atoms with Gasteiger partial charge in [-0.2, -0.15) is 0 Å². The first-order chi connectivity index (χ1) is 17.0. The zero-order valence-electron chi connectivity index (χ0n) is 18.8. The van der Waals surface area contributed by atoms with Crippen LogP contribution in [0.1, 0.15) is 5.69 Å². The predicted molar refractivity (Wildman–Crippen MR) is 137 cm³/mol. The maximum absolute atomic E-state index is 13.8. The number of nitrogens with zero attached hydrogens (tertiary/aromatic N) is 3. The monoisotopic (exact) mass is 504 g/mol. The first-order valence-corrected chi connectivity index (χ1v) is 13.3. The first-order valence-electron chi connectivity index (χ1n) is 10.8. The lowest BCUT2D eigenvalue weighted by Gasteiger charge is -2.10. The molecular formula is C26H21FN4O2S2. The van der Waals surface area contributed by atoms with Gasteiger partial charge in [0.15, 0.2) is 0 Å². The predicted octanol–water partition coefficient (Wildman–Crippen LogP) is 5.02. The van der Waals surface area contributed by atoms with E-state index in [-0.39, 0.29) is 24.8 Å². The molecule has 1 atom stereocenters. The average molecular weight is 505 g/mol. The fraction of sp³-hybridized carbons (Fsp3) is 0.115. The normalized spacial score (nSPS) is 12.1. The molecule has 0 aliphatic carbocycles. The van der Waals surface area contributed by atoms with Gasteiger partial charge in [-0.3, -0.25) is 14.0 Å². The minimum atomic E-state index is -1.01. The van der Waals surface area contributed by atoms with E-state index < -0.39 is 10.8 Å². The Kier molecular flexibility index (Phi) is 6.52. The number of hydrogen-bond donors (Lipinski definition) is 1. The van der Waals surface area contributed by atoms with Crippen molar-refractivity contribution in [1.82, 2.24) is 19.9 Å². The van der Waals surface area contributed by atoms with Crippen LogP contribution >= 0.6 is 11.3 Å². The van der Waals surface area contributed by atoms with Gasteiger partial charge >= 0.3 is 0 Å². The van der Waals surface area contributed by atoms with Gasteiger partial charge in [0.2, 0.25) is 5.91 Å². The quantitative estimate of drug-likeness (QED) is 0.338. The molecule has 3 aromatic heterocycles. The molecule has 35 heavy (non-hydrogen) atoms. The van der Waals surface area contributed by atoms with Crippen molar-refractivity contribution in [3.8, 4) is 21.8 Å². The number of hydrogen-bond acceptors (Lipinski definition) is 5. The maximum Gasteiger partial charge on any atom is 0.240 e. The van der Waals surface area contributed by atoms with E-state index in [1.54, 1.807) is 24.7 Å². The molecular weight excluding hydrogens is 483 g/mol. The fourth-order valence-corrected chi connectivity index (χ4v) is 5.05. The number of carbonyl (C=O) groups is 1. The van der Waals surface area contributed by atoms with E-state index in [1.165, 1.54) is 23.5 Å². The zero-order chi connectivity index (χ0) is 24.4. The van der Waals surface area contributed by atoms with Crippen molar-refractivity contribution in [3.05, 3.63) is 89.9 Å². The second-order valence-electron chi connectivity index (χ2n) is 7.95. The summed E-state index contributed by atoms with van der Waals surface area (Å²) in [5.74, 6) is -0.505. The van der Waals surface area contributed by atoms with Crippen LogP contribution in [0, 0.1) is 5.82 Å². The van der Waals surface area contributed by atoms with Crippen LogP contribution in [-0.2, 0) is 28.7 Å². The molecule has 5 aromatic rings. The number of carbonyl (C=O) groups excluding carboxylic acids is 1. The van der Waals surface area contributed by atoms with Crippen LogP contribution < -0.4 is 5.32 Å². The Bertz CT molecular complexity index is 1510. The van der Waals surface area contributed by atoms with Gasteiger partial charge in [-0.15, -0.1) is 11.3 Å². The van der Waals surface area contributed by atoms with Crippen molar-refractivity contribution in [3.63, 3.8) is 0 Å². The Morgan fingerprint density at radius 2 is 1.86 bits per heavy atom. The molecule has 6 nitrogen and oxygen atoms in total. The average Bonchev–Trinajstić information content (AvgIpc) is 3.51. The molecule has 0 fully saturated rings. The lowest BCUT2D eigenvalue weighted by molar-refractivity contribution is -0.121. The summed E-state index contributed by atoms with van der Waals surface area (Å²) in [4.78, 5) is 22.4. The van der Waals surface area contributed by atoms with E-state index in [0.717, 1.165) is 43.3 Å². The molecule has 0 aliphatic heterocycles. The highest BCUT2D eigenvalue weighted by Crippen LogP contribution is 2.30. The number of aromatic nitrogens is 3. The first kappa shape index (κ1) is 23.1. The molecule has 0 spiro atoms. The van der Waals surface area contributed by atoms with Gasteiger partial charge in [0.25, 0.3) is 0 Å². The molecule has 1 amide bonds. The van der Waals surface area contributed by atoms with Gasteiger partial charge in [0.1, 0.15) is 17.4 Å². The molecule has 0 radical (unpaired) electrons. The molecule has 0 aliphatic rings. The van der Waals surface area contributed by atoms with Gasteiger partial charge < -0.3 is 9.88 Å². The third kappa shape index (κ3) is 5.06. The number of amides is 1. The van der Waals surface area contributed by atoms with Crippen molar-refractivity contribution < 1.29 is 13.4 Å². The summed E-state index contributed by atoms with van der Waals surface area (Å²) in [6, 6.07) is 17.7. The third-order valence-electron chi connectivity index (χ3n) is 5.63. The van der Waals surface area contributed by atoms with E-state index in [0.29, 0.717) is 0 Å². The van der Waals surface area contributed by atoms with Gasteiger partial charge in [0.05, 0.1) is 17.9 Å². The SMILES string of the molecule is CS(=O)c1ccc(-c2ccc(CNC(=O)Cn3c(-c4nccs4)cc4cc(F)ccc43)nc2)cc1. The molecule has 3 heterocycles. The van der Waals surface area contributed by atoms with Crippen molar-refractivity contribution in [1.29, 1.82) is 0 Å². The van der Waals surface area contributed by atoms with Crippen LogP contribution in [0.5, 0.6) is 0 Å². The largest absolute Gasteiger partial charge is 0.349 e. The van der Waals surface area contributed by atoms with Crippen LogP contribution in [0.3, 0.4) is 0 Å². The number of thiazole rings is 1. The van der Waals surface area contributed by atoms with E-state index in [1.807, 2.05) is 52.4 Å². The fourth-order valence-electron chi connectivity index (χ4n) is 3.87. The van der Waals surface area contributed by atoms with Crippen LogP contribution in [0.15, 0.2) is 83.3 Å². The molecule has 5 rings (SSSR count). The molecule has 1 unspecified atom stereocenters. The van der Waals surface area contributed by atoms with Crippen LogP contribution in [0.2, 0.25) is 0 Å². The number of benzene rings is 2. The van der Waals surface area contributed by atoms with Gasteiger partial charge in [-0.05, 0) is 48.0 Å². The number of rotatable bonds is 7. The Morgan fingerprint density at radius 3 is 2.54 bits per heavy atom. The van der Waals surface area contributed by atoms with E-state index in [4.69, 9.17) is 0 Å². The smallest absolute Gasteiger partial charge is 0.240 e. The highest BCUT2D eigenvalue weighted by Gasteiger charge is 2.16. The van der Waals surface area contributed by atoms with Crippen LogP contribution in [0.25, 0.3) is 32.7 Å². The molecule has 0 saturated heterocycles. The molecule has 176 valence electrons. The molecule has 9 heteroatoms. The lowest BCUT2D eigenvalue weighted by Crippen LogP contribution is -2.27. The maximum atomic E-state index is 13.8. The third-order valence-corrected chi connectivity index (χ3v) is 7.36. The number of fused-ring (bicyclic) bond motifs is 1.